The van der Waals surface area contributed by atoms with Crippen molar-refractivity contribution in [1.29, 1.82) is 0 Å². The van der Waals surface area contributed by atoms with Crippen LogP contribution in [0.5, 0.6) is 0 Å². The Balaban J connectivity index is 2.01. The lowest BCUT2D eigenvalue weighted by atomic mass is 9.79. The Morgan fingerprint density at radius 1 is 1.22 bits per heavy atom. The van der Waals surface area contributed by atoms with E-state index in [2.05, 4.69) is 13.2 Å². The molecule has 2 aliphatic carbocycles. The van der Waals surface area contributed by atoms with Gasteiger partial charge in [0.05, 0.1) is 0 Å². The minimum Gasteiger partial charge on any atom is -0.458 e. The number of fused-ring (bicyclic) bond motifs is 3. The molecular formula is C15H18O3. The molecule has 0 spiro atoms. The quantitative estimate of drug-likeness (QED) is 0.374. The zero-order valence-electron chi connectivity index (χ0n) is 10.6. The van der Waals surface area contributed by atoms with Crippen molar-refractivity contribution in [2.45, 2.75) is 32.3 Å². The second-order valence-electron chi connectivity index (χ2n) is 5.84. The third-order valence-electron chi connectivity index (χ3n) is 5.00. The molecule has 3 fully saturated rings. The van der Waals surface area contributed by atoms with Crippen LogP contribution in [-0.2, 0) is 14.3 Å². The zero-order valence-corrected chi connectivity index (χ0v) is 10.6. The molecule has 3 aliphatic rings. The van der Waals surface area contributed by atoms with E-state index >= 15 is 0 Å². The van der Waals surface area contributed by atoms with Gasteiger partial charge in [0, 0.05) is 29.7 Å². The van der Waals surface area contributed by atoms with Gasteiger partial charge in [-0.25, -0.2) is 4.79 Å². The first kappa shape index (κ1) is 11.7. The summed E-state index contributed by atoms with van der Waals surface area (Å²) in [6, 6.07) is 0. The monoisotopic (exact) mass is 246 g/mol. The molecule has 2 saturated carbocycles. The maximum absolute atomic E-state index is 11.9. The summed E-state index contributed by atoms with van der Waals surface area (Å²) in [6.07, 6.45) is 2.16. The molecule has 1 heterocycles. The van der Waals surface area contributed by atoms with Gasteiger partial charge in [-0.3, -0.25) is 4.79 Å². The van der Waals surface area contributed by atoms with Crippen molar-refractivity contribution in [3.63, 3.8) is 0 Å². The summed E-state index contributed by atoms with van der Waals surface area (Å²) in [5.41, 5.74) is 1.73. The number of rotatable bonds is 0. The normalized spacial score (nSPS) is 43.5. The van der Waals surface area contributed by atoms with Gasteiger partial charge in [-0.2, -0.15) is 0 Å². The Hall–Kier alpha value is -1.38. The largest absolute Gasteiger partial charge is 0.458 e. The van der Waals surface area contributed by atoms with Gasteiger partial charge in [-0.1, -0.05) is 25.7 Å². The highest BCUT2D eigenvalue weighted by Crippen LogP contribution is 2.51. The van der Waals surface area contributed by atoms with Gasteiger partial charge in [0.2, 0.25) is 0 Å². The predicted octanol–water partition coefficient (Wildman–Crippen LogP) is 2.28. The molecule has 0 radical (unpaired) electrons. The third kappa shape index (κ3) is 1.43. The summed E-state index contributed by atoms with van der Waals surface area (Å²) in [5, 5.41) is 0. The Bertz CT molecular complexity index is 462. The van der Waals surface area contributed by atoms with E-state index in [1.807, 2.05) is 6.92 Å². The van der Waals surface area contributed by atoms with Crippen LogP contribution in [0.15, 0.2) is 24.3 Å². The van der Waals surface area contributed by atoms with Crippen LogP contribution in [0.4, 0.5) is 0 Å². The van der Waals surface area contributed by atoms with E-state index in [1.54, 1.807) is 0 Å². The molecule has 0 aromatic carbocycles. The second-order valence-corrected chi connectivity index (χ2v) is 5.84. The van der Waals surface area contributed by atoms with Crippen LogP contribution >= 0.6 is 0 Å². The lowest BCUT2D eigenvalue weighted by Crippen LogP contribution is -2.32. The van der Waals surface area contributed by atoms with Crippen LogP contribution < -0.4 is 0 Å². The maximum Gasteiger partial charge on any atom is 0.334 e. The van der Waals surface area contributed by atoms with Gasteiger partial charge in [0.15, 0.2) is 0 Å². The lowest BCUT2D eigenvalue weighted by molar-refractivity contribution is -0.143. The second kappa shape index (κ2) is 3.81. The molecule has 0 aromatic heterocycles. The van der Waals surface area contributed by atoms with Crippen molar-refractivity contribution in [2.24, 2.45) is 23.7 Å². The van der Waals surface area contributed by atoms with Crippen molar-refractivity contribution >= 4 is 11.8 Å². The van der Waals surface area contributed by atoms with Crippen molar-refractivity contribution in [2.75, 3.05) is 0 Å². The fourth-order valence-electron chi connectivity index (χ4n) is 3.87. The van der Waals surface area contributed by atoms with Crippen LogP contribution in [0.3, 0.4) is 0 Å². The number of carbonyl (C=O) groups is 2. The number of esters is 1. The van der Waals surface area contributed by atoms with Gasteiger partial charge >= 0.3 is 5.97 Å². The highest BCUT2D eigenvalue weighted by molar-refractivity contribution is 5.91. The molecule has 0 aromatic rings. The van der Waals surface area contributed by atoms with Crippen LogP contribution in [0.1, 0.15) is 26.2 Å². The van der Waals surface area contributed by atoms with Gasteiger partial charge in [-0.15, -0.1) is 0 Å². The fourth-order valence-corrected chi connectivity index (χ4v) is 3.87. The number of hydrogen-bond acceptors (Lipinski definition) is 3. The van der Waals surface area contributed by atoms with Gasteiger partial charge < -0.3 is 4.74 Å². The average molecular weight is 246 g/mol. The first-order valence-electron chi connectivity index (χ1n) is 6.61. The summed E-state index contributed by atoms with van der Waals surface area (Å²) in [6.45, 7) is 9.95. The number of ether oxygens (including phenoxy) is 1. The van der Waals surface area contributed by atoms with E-state index in [0.717, 1.165) is 18.4 Å². The van der Waals surface area contributed by atoms with E-state index in [0.29, 0.717) is 12.0 Å². The van der Waals surface area contributed by atoms with Gasteiger partial charge in [0.25, 0.3) is 0 Å². The number of carbonyl (C=O) groups excluding carboxylic acids is 2. The molecule has 96 valence electrons. The van der Waals surface area contributed by atoms with E-state index in [-0.39, 0.29) is 41.5 Å². The Kier molecular flexibility index (Phi) is 2.47. The molecule has 3 nitrogen and oxygen atoms in total. The summed E-state index contributed by atoms with van der Waals surface area (Å²) in [4.78, 5) is 23.6. The highest BCUT2D eigenvalue weighted by Gasteiger charge is 2.54. The summed E-state index contributed by atoms with van der Waals surface area (Å²) >= 11 is 0. The number of allylic oxidation sites excluding steroid dienone is 1. The molecule has 5 unspecified atom stereocenters. The topological polar surface area (TPSA) is 43.4 Å². The van der Waals surface area contributed by atoms with Crippen molar-refractivity contribution in [3.8, 4) is 0 Å². The van der Waals surface area contributed by atoms with E-state index in [4.69, 9.17) is 4.74 Å². The van der Waals surface area contributed by atoms with Gasteiger partial charge in [-0.05, 0) is 18.8 Å². The smallest absolute Gasteiger partial charge is 0.334 e. The first-order chi connectivity index (χ1) is 8.50. The molecule has 5 atom stereocenters. The van der Waals surface area contributed by atoms with Crippen LogP contribution in [0.2, 0.25) is 0 Å². The van der Waals surface area contributed by atoms with Crippen molar-refractivity contribution in [1.82, 2.24) is 0 Å². The average Bonchev–Trinajstić information content (AvgIpc) is 2.72. The molecule has 3 rings (SSSR count). The zero-order chi connectivity index (χ0) is 13.0. The van der Waals surface area contributed by atoms with E-state index < -0.39 is 0 Å². The maximum atomic E-state index is 11.9. The SMILES string of the molecule is C=C1C(=O)OC2C1CCC(=C)C1CC(=O)C(C)C12. The standard InChI is InChI=1S/C15H18O3/c1-7-4-5-10-8(2)15(17)18-14(10)13-9(3)12(16)6-11(7)13/h9-11,13-14H,1-2,4-6H2,3H3. The molecule has 0 amide bonds. The number of hydrogen-bond donors (Lipinski definition) is 0. The van der Waals surface area contributed by atoms with E-state index in [1.165, 1.54) is 0 Å². The molecule has 3 heteroatoms. The summed E-state index contributed by atoms with van der Waals surface area (Å²) < 4.78 is 5.51. The van der Waals surface area contributed by atoms with Crippen LogP contribution in [0, 0.1) is 23.7 Å². The van der Waals surface area contributed by atoms with Crippen molar-refractivity contribution in [3.05, 3.63) is 24.3 Å². The predicted molar refractivity (Wildman–Crippen MR) is 66.7 cm³/mol. The molecule has 0 N–H and O–H groups in total. The van der Waals surface area contributed by atoms with E-state index in [9.17, 15) is 9.59 Å². The minimum absolute atomic E-state index is 0.0314. The number of Topliss-reactive ketones (excluding diaryl/α,β-unsaturated/α-hetero) is 1. The summed E-state index contributed by atoms with van der Waals surface area (Å²) in [7, 11) is 0. The Morgan fingerprint density at radius 2 is 1.94 bits per heavy atom. The minimum atomic E-state index is -0.275. The molecule has 1 aliphatic heterocycles. The first-order valence-corrected chi connectivity index (χ1v) is 6.61. The van der Waals surface area contributed by atoms with Crippen LogP contribution in [0.25, 0.3) is 0 Å². The molecule has 1 saturated heterocycles. The summed E-state index contributed by atoms with van der Waals surface area (Å²) in [5.74, 6) is 0.360. The molecular weight excluding hydrogens is 228 g/mol. The van der Waals surface area contributed by atoms with Crippen LogP contribution in [-0.4, -0.2) is 17.9 Å². The fraction of sp³-hybridized carbons (Fsp3) is 0.600. The molecule has 18 heavy (non-hydrogen) atoms. The Labute approximate surface area is 107 Å². The third-order valence-corrected chi connectivity index (χ3v) is 5.00. The number of ketones is 1. The highest BCUT2D eigenvalue weighted by atomic mass is 16.6. The Morgan fingerprint density at radius 3 is 2.67 bits per heavy atom. The van der Waals surface area contributed by atoms with Gasteiger partial charge in [0.1, 0.15) is 11.9 Å². The van der Waals surface area contributed by atoms with Crippen molar-refractivity contribution < 1.29 is 14.3 Å². The molecule has 0 bridgehead atoms. The lowest BCUT2D eigenvalue weighted by Gasteiger charge is -2.27.